The number of nitrogens with zero attached hydrogens (tertiary/aromatic N) is 6. The molecule has 6 heteroatoms. The van der Waals surface area contributed by atoms with Crippen molar-refractivity contribution in [2.45, 2.75) is 0 Å². The molecule has 0 spiro atoms. The Bertz CT molecular complexity index is 3590. The molecule has 0 aliphatic rings. The molecule has 0 bridgehead atoms. The fraction of sp³-hybridized carbons (Fsp3) is 0. The zero-order valence-corrected chi connectivity index (χ0v) is 34.5. The Hall–Kier alpha value is -8.92. The molecule has 6 nitrogen and oxygen atoms in total. The summed E-state index contributed by atoms with van der Waals surface area (Å²) in [6.45, 7) is 0. The maximum Gasteiger partial charge on any atom is 0.164 e. The van der Waals surface area contributed by atoms with Crippen LogP contribution in [-0.4, -0.2) is 24.1 Å². The van der Waals surface area contributed by atoms with Crippen molar-refractivity contribution in [1.29, 1.82) is 5.26 Å². The number of nitriles is 1. The number of hydrogen-bond acceptors (Lipinski definition) is 4. The predicted molar refractivity (Wildman–Crippen MR) is 260 cm³/mol. The number of fused-ring (bicyclic) bond motifs is 6. The van der Waals surface area contributed by atoms with Crippen LogP contribution in [0.4, 0.5) is 0 Å². The van der Waals surface area contributed by atoms with E-state index in [4.69, 9.17) is 15.0 Å². The summed E-state index contributed by atoms with van der Waals surface area (Å²) in [5.74, 6) is 1.66. The van der Waals surface area contributed by atoms with E-state index in [1.165, 1.54) is 21.5 Å². The highest BCUT2D eigenvalue weighted by molar-refractivity contribution is 6.12. The second-order valence-electron chi connectivity index (χ2n) is 16.0. The van der Waals surface area contributed by atoms with E-state index in [-0.39, 0.29) is 0 Å². The average Bonchev–Trinajstić information content (AvgIpc) is 3.89. The van der Waals surface area contributed by atoms with Crippen LogP contribution < -0.4 is 0 Å². The molecule has 0 aliphatic carbocycles. The van der Waals surface area contributed by atoms with Crippen molar-refractivity contribution in [2.24, 2.45) is 0 Å². The summed E-state index contributed by atoms with van der Waals surface area (Å²) < 4.78 is 4.69. The van der Waals surface area contributed by atoms with Crippen molar-refractivity contribution >= 4 is 43.6 Å². The Morgan fingerprint density at radius 3 is 1.16 bits per heavy atom. The summed E-state index contributed by atoms with van der Waals surface area (Å²) in [6.07, 6.45) is 0. The van der Waals surface area contributed by atoms with E-state index < -0.39 is 0 Å². The maximum atomic E-state index is 9.56. The molecule has 0 N–H and O–H groups in total. The van der Waals surface area contributed by atoms with Gasteiger partial charge in [0.05, 0.1) is 33.7 Å². The number of aromatic nitrogens is 5. The van der Waals surface area contributed by atoms with Crippen LogP contribution in [0.1, 0.15) is 5.56 Å². The van der Waals surface area contributed by atoms with Gasteiger partial charge in [-0.25, -0.2) is 15.0 Å². The van der Waals surface area contributed by atoms with Gasteiger partial charge in [0.15, 0.2) is 17.5 Å². The quantitative estimate of drug-likeness (QED) is 0.161. The highest BCUT2D eigenvalue weighted by Crippen LogP contribution is 2.40. The molecule has 0 fully saturated rings. The highest BCUT2D eigenvalue weighted by atomic mass is 15.0. The maximum absolute atomic E-state index is 9.56. The summed E-state index contributed by atoms with van der Waals surface area (Å²) in [7, 11) is 0. The molecule has 298 valence electrons. The minimum atomic E-state index is 0.533. The van der Waals surface area contributed by atoms with E-state index in [9.17, 15) is 5.26 Å². The van der Waals surface area contributed by atoms with Crippen molar-refractivity contribution in [1.82, 2.24) is 24.1 Å². The molecule has 12 rings (SSSR count). The standard InChI is InChI=1S/C58H36N6/c59-37-38-24-26-40(27-25-38)57-60-56(39-14-4-1-5-15-39)61-58(62-57)45-33-43(41-28-30-54-50(35-41)48-20-10-12-22-52(48)63(54)46-16-6-2-7-17-46)32-44(34-45)42-29-31-55-51(36-42)49-21-11-13-23-53(49)64(55)47-18-8-3-9-19-47/h1-36H. The summed E-state index contributed by atoms with van der Waals surface area (Å²) >= 11 is 0. The molecule has 0 atom stereocenters. The minimum Gasteiger partial charge on any atom is -0.309 e. The molecule has 9 aromatic carbocycles. The summed E-state index contributed by atoms with van der Waals surface area (Å²) in [5.41, 5.74) is 14.2. The van der Waals surface area contributed by atoms with Gasteiger partial charge in [-0.15, -0.1) is 0 Å². The third kappa shape index (κ3) is 6.31. The van der Waals surface area contributed by atoms with E-state index in [1.54, 1.807) is 12.1 Å². The van der Waals surface area contributed by atoms with Crippen molar-refractivity contribution in [3.05, 3.63) is 224 Å². The fourth-order valence-electron chi connectivity index (χ4n) is 9.15. The lowest BCUT2D eigenvalue weighted by molar-refractivity contribution is 1.07. The van der Waals surface area contributed by atoms with Gasteiger partial charge in [-0.05, 0) is 125 Å². The monoisotopic (exact) mass is 816 g/mol. The van der Waals surface area contributed by atoms with Gasteiger partial charge in [-0.1, -0.05) is 115 Å². The lowest BCUT2D eigenvalue weighted by atomic mass is 9.94. The van der Waals surface area contributed by atoms with E-state index >= 15 is 0 Å². The number of benzene rings is 9. The molecule has 3 heterocycles. The predicted octanol–water partition coefficient (Wildman–Crippen LogP) is 14.3. The van der Waals surface area contributed by atoms with Crippen LogP contribution in [0, 0.1) is 11.3 Å². The third-order valence-electron chi connectivity index (χ3n) is 12.2. The topological polar surface area (TPSA) is 72.3 Å². The summed E-state index contributed by atoms with van der Waals surface area (Å²) in [6, 6.07) is 78.3. The van der Waals surface area contributed by atoms with Crippen molar-refractivity contribution in [3.63, 3.8) is 0 Å². The van der Waals surface area contributed by atoms with Gasteiger partial charge in [0.2, 0.25) is 0 Å². The Labute approximate surface area is 369 Å². The Kier molecular flexibility index (Phi) is 8.77. The molecule has 0 radical (unpaired) electrons. The van der Waals surface area contributed by atoms with Crippen LogP contribution in [0.5, 0.6) is 0 Å². The van der Waals surface area contributed by atoms with Crippen LogP contribution in [-0.2, 0) is 0 Å². The van der Waals surface area contributed by atoms with Crippen molar-refractivity contribution < 1.29 is 0 Å². The molecular weight excluding hydrogens is 781 g/mol. The number of para-hydroxylation sites is 4. The third-order valence-corrected chi connectivity index (χ3v) is 12.2. The number of rotatable bonds is 7. The lowest BCUT2D eigenvalue weighted by Gasteiger charge is -2.13. The molecule has 0 amide bonds. The van der Waals surface area contributed by atoms with Crippen LogP contribution >= 0.6 is 0 Å². The first-order valence-corrected chi connectivity index (χ1v) is 21.3. The van der Waals surface area contributed by atoms with E-state index in [0.29, 0.717) is 23.0 Å². The molecular formula is C58H36N6. The molecule has 64 heavy (non-hydrogen) atoms. The molecule has 0 saturated heterocycles. The van der Waals surface area contributed by atoms with Gasteiger partial charge in [0.1, 0.15) is 0 Å². The molecule has 0 aliphatic heterocycles. The fourth-order valence-corrected chi connectivity index (χ4v) is 9.15. The van der Waals surface area contributed by atoms with Gasteiger partial charge in [-0.2, -0.15) is 5.26 Å². The van der Waals surface area contributed by atoms with Gasteiger partial charge in [0, 0.05) is 49.6 Å². The lowest BCUT2D eigenvalue weighted by Crippen LogP contribution is -2.00. The van der Waals surface area contributed by atoms with Crippen LogP contribution in [0.15, 0.2) is 218 Å². The van der Waals surface area contributed by atoms with Crippen LogP contribution in [0.2, 0.25) is 0 Å². The second kappa shape index (κ2) is 15.2. The summed E-state index contributed by atoms with van der Waals surface area (Å²) in [4.78, 5) is 15.3. The van der Waals surface area contributed by atoms with Gasteiger partial charge < -0.3 is 9.13 Å². The second-order valence-corrected chi connectivity index (χ2v) is 16.0. The first-order valence-electron chi connectivity index (χ1n) is 21.3. The molecule has 0 saturated carbocycles. The van der Waals surface area contributed by atoms with E-state index in [1.807, 2.05) is 42.5 Å². The molecule has 3 aromatic heterocycles. The zero-order valence-electron chi connectivity index (χ0n) is 34.5. The highest BCUT2D eigenvalue weighted by Gasteiger charge is 2.19. The average molecular weight is 817 g/mol. The summed E-state index contributed by atoms with van der Waals surface area (Å²) in [5, 5.41) is 14.3. The van der Waals surface area contributed by atoms with Gasteiger partial charge >= 0.3 is 0 Å². The van der Waals surface area contributed by atoms with Crippen LogP contribution in [0.3, 0.4) is 0 Å². The Balaban J connectivity index is 1.10. The van der Waals surface area contributed by atoms with Crippen LogP contribution in [0.25, 0.3) is 111 Å². The first-order chi connectivity index (χ1) is 31.7. The molecule has 0 unspecified atom stereocenters. The van der Waals surface area contributed by atoms with E-state index in [2.05, 4.69) is 179 Å². The van der Waals surface area contributed by atoms with Crippen molar-refractivity contribution in [2.75, 3.05) is 0 Å². The normalized spacial score (nSPS) is 11.4. The SMILES string of the molecule is N#Cc1ccc(-c2nc(-c3ccccc3)nc(-c3cc(-c4ccc5c(c4)c4ccccc4n5-c4ccccc4)cc(-c4ccc5c(c4)c4ccccc4n5-c4ccccc4)c3)n2)cc1. The Morgan fingerprint density at radius 2 is 0.672 bits per heavy atom. The van der Waals surface area contributed by atoms with Gasteiger partial charge in [-0.3, -0.25) is 0 Å². The van der Waals surface area contributed by atoms with Crippen molar-refractivity contribution in [3.8, 4) is 73.9 Å². The van der Waals surface area contributed by atoms with E-state index in [0.717, 1.165) is 72.4 Å². The Morgan fingerprint density at radius 1 is 0.297 bits per heavy atom. The smallest absolute Gasteiger partial charge is 0.164 e. The van der Waals surface area contributed by atoms with Gasteiger partial charge in [0.25, 0.3) is 0 Å². The molecule has 12 aromatic rings. The largest absolute Gasteiger partial charge is 0.309 e. The minimum absolute atomic E-state index is 0.533. The zero-order chi connectivity index (χ0) is 42.6. The number of hydrogen-bond donors (Lipinski definition) is 0. The first kappa shape index (κ1) is 36.9.